The summed E-state index contributed by atoms with van der Waals surface area (Å²) in [5.74, 6) is 1.47. The molecule has 4 rings (SSSR count). The quantitative estimate of drug-likeness (QED) is 0.677. The van der Waals surface area contributed by atoms with Gasteiger partial charge < -0.3 is 14.7 Å². The van der Waals surface area contributed by atoms with Crippen molar-refractivity contribution >= 4 is 11.7 Å². The number of benzene rings is 2. The van der Waals surface area contributed by atoms with E-state index in [4.69, 9.17) is 4.52 Å². The molecule has 3 aromatic rings. The van der Waals surface area contributed by atoms with Gasteiger partial charge in [0.2, 0.25) is 11.7 Å². The first-order chi connectivity index (χ1) is 14.0. The molecule has 0 unspecified atom stereocenters. The van der Waals surface area contributed by atoms with Gasteiger partial charge in [-0.1, -0.05) is 41.1 Å². The lowest BCUT2D eigenvalue weighted by molar-refractivity contribution is 0.187. The van der Waals surface area contributed by atoms with Gasteiger partial charge in [0, 0.05) is 30.3 Å². The van der Waals surface area contributed by atoms with Gasteiger partial charge >= 0.3 is 6.03 Å². The van der Waals surface area contributed by atoms with Crippen LogP contribution in [0.25, 0.3) is 11.4 Å². The lowest BCUT2D eigenvalue weighted by Crippen LogP contribution is -2.40. The third-order valence-corrected chi connectivity index (χ3v) is 5.36. The SMILES string of the molecule is Cc1ccc(-c2noc(C3CCN(C(=O)Nc4cc(C)cc(C)c4)CC3)n2)cc1. The van der Waals surface area contributed by atoms with Crippen molar-refractivity contribution in [2.45, 2.75) is 39.5 Å². The van der Waals surface area contributed by atoms with Crippen LogP contribution in [0, 0.1) is 20.8 Å². The molecule has 1 saturated heterocycles. The number of hydrogen-bond donors (Lipinski definition) is 1. The summed E-state index contributed by atoms with van der Waals surface area (Å²) in [6.45, 7) is 7.45. The summed E-state index contributed by atoms with van der Waals surface area (Å²) in [5, 5.41) is 7.15. The number of aryl methyl sites for hydroxylation is 3. The average Bonchev–Trinajstić information content (AvgIpc) is 3.18. The van der Waals surface area contributed by atoms with E-state index < -0.39 is 0 Å². The molecule has 1 aromatic heterocycles. The Morgan fingerprint density at radius 3 is 2.31 bits per heavy atom. The van der Waals surface area contributed by atoms with Gasteiger partial charge in [-0.25, -0.2) is 4.79 Å². The maximum Gasteiger partial charge on any atom is 0.321 e. The molecule has 0 spiro atoms. The third-order valence-electron chi connectivity index (χ3n) is 5.36. The summed E-state index contributed by atoms with van der Waals surface area (Å²) in [6, 6.07) is 14.1. The molecule has 0 aliphatic carbocycles. The topological polar surface area (TPSA) is 71.3 Å². The number of hydrogen-bond acceptors (Lipinski definition) is 4. The standard InChI is InChI=1S/C23H26N4O2/c1-15-4-6-18(7-5-15)21-25-22(29-26-21)19-8-10-27(11-9-19)23(28)24-20-13-16(2)12-17(3)14-20/h4-7,12-14,19H,8-11H2,1-3H3,(H,24,28). The summed E-state index contributed by atoms with van der Waals surface area (Å²) in [6.07, 6.45) is 1.63. The normalized spacial score (nSPS) is 14.8. The van der Waals surface area contributed by atoms with Crippen molar-refractivity contribution in [1.82, 2.24) is 15.0 Å². The summed E-state index contributed by atoms with van der Waals surface area (Å²) >= 11 is 0. The van der Waals surface area contributed by atoms with E-state index in [9.17, 15) is 4.79 Å². The Morgan fingerprint density at radius 2 is 1.66 bits per heavy atom. The van der Waals surface area contributed by atoms with Crippen molar-refractivity contribution in [3.05, 3.63) is 65.0 Å². The minimum atomic E-state index is -0.0562. The Balaban J connectivity index is 1.35. The summed E-state index contributed by atoms with van der Waals surface area (Å²) < 4.78 is 5.53. The number of urea groups is 1. The van der Waals surface area contributed by atoms with E-state index in [2.05, 4.69) is 28.4 Å². The van der Waals surface area contributed by atoms with E-state index in [0.29, 0.717) is 24.8 Å². The van der Waals surface area contributed by atoms with Gasteiger partial charge in [0.25, 0.3) is 0 Å². The predicted octanol–water partition coefficient (Wildman–Crippen LogP) is 5.07. The number of aromatic nitrogens is 2. The van der Waals surface area contributed by atoms with Crippen LogP contribution in [0.2, 0.25) is 0 Å². The molecular formula is C23H26N4O2. The first-order valence-corrected chi connectivity index (χ1v) is 10.0. The van der Waals surface area contributed by atoms with Crippen molar-refractivity contribution in [2.75, 3.05) is 18.4 Å². The van der Waals surface area contributed by atoms with Crippen molar-refractivity contribution in [3.63, 3.8) is 0 Å². The van der Waals surface area contributed by atoms with Crippen molar-refractivity contribution in [2.24, 2.45) is 0 Å². The zero-order valence-electron chi connectivity index (χ0n) is 17.1. The Bertz CT molecular complexity index is 982. The van der Waals surface area contributed by atoms with Gasteiger partial charge in [0.15, 0.2) is 0 Å². The van der Waals surface area contributed by atoms with E-state index >= 15 is 0 Å². The fourth-order valence-corrected chi connectivity index (χ4v) is 3.80. The number of rotatable bonds is 3. The van der Waals surface area contributed by atoms with Gasteiger partial charge in [-0.2, -0.15) is 4.98 Å². The van der Waals surface area contributed by atoms with Gasteiger partial charge in [0.1, 0.15) is 0 Å². The molecule has 29 heavy (non-hydrogen) atoms. The number of nitrogens with zero attached hydrogens (tertiary/aromatic N) is 3. The monoisotopic (exact) mass is 390 g/mol. The van der Waals surface area contributed by atoms with Crippen LogP contribution in [0.3, 0.4) is 0 Å². The van der Waals surface area contributed by atoms with Crippen LogP contribution in [0.5, 0.6) is 0 Å². The van der Waals surface area contributed by atoms with Crippen molar-refractivity contribution in [1.29, 1.82) is 0 Å². The number of likely N-dealkylation sites (tertiary alicyclic amines) is 1. The third kappa shape index (κ3) is 4.47. The van der Waals surface area contributed by atoms with Gasteiger partial charge in [-0.05, 0) is 56.9 Å². The average molecular weight is 390 g/mol. The van der Waals surface area contributed by atoms with E-state index in [-0.39, 0.29) is 11.9 Å². The molecule has 1 N–H and O–H groups in total. The number of carbonyl (C=O) groups excluding carboxylic acids is 1. The molecule has 1 aliphatic heterocycles. The Labute approximate surface area is 170 Å². The van der Waals surface area contributed by atoms with E-state index in [1.165, 1.54) is 5.56 Å². The largest absolute Gasteiger partial charge is 0.339 e. The van der Waals surface area contributed by atoms with Crippen LogP contribution in [0.15, 0.2) is 47.0 Å². The van der Waals surface area contributed by atoms with E-state index in [1.807, 2.05) is 55.1 Å². The highest BCUT2D eigenvalue weighted by atomic mass is 16.5. The minimum Gasteiger partial charge on any atom is -0.339 e. The maximum absolute atomic E-state index is 12.6. The Kier molecular flexibility index (Phi) is 5.34. The second-order valence-electron chi connectivity index (χ2n) is 7.89. The maximum atomic E-state index is 12.6. The first kappa shape index (κ1) is 19.2. The molecule has 1 fully saturated rings. The molecule has 0 radical (unpaired) electrons. The highest BCUT2D eigenvalue weighted by Gasteiger charge is 2.27. The molecule has 150 valence electrons. The lowest BCUT2D eigenvalue weighted by atomic mass is 9.97. The second kappa shape index (κ2) is 8.07. The van der Waals surface area contributed by atoms with Gasteiger partial charge in [0.05, 0.1) is 0 Å². The first-order valence-electron chi connectivity index (χ1n) is 10.0. The van der Waals surface area contributed by atoms with E-state index in [1.54, 1.807) is 0 Å². The van der Waals surface area contributed by atoms with E-state index in [0.717, 1.165) is 35.2 Å². The van der Waals surface area contributed by atoms with Crippen LogP contribution in [0.4, 0.5) is 10.5 Å². The number of carbonyl (C=O) groups is 1. The summed E-state index contributed by atoms with van der Waals surface area (Å²) in [5.41, 5.74) is 5.27. The fraction of sp³-hybridized carbons (Fsp3) is 0.348. The molecule has 2 amide bonds. The number of amides is 2. The Hall–Kier alpha value is -3.15. The number of nitrogens with one attached hydrogen (secondary N) is 1. The highest BCUT2D eigenvalue weighted by molar-refractivity contribution is 5.89. The zero-order chi connectivity index (χ0) is 20.4. The second-order valence-corrected chi connectivity index (χ2v) is 7.89. The predicted molar refractivity (Wildman–Crippen MR) is 113 cm³/mol. The molecule has 0 bridgehead atoms. The van der Waals surface area contributed by atoms with Gasteiger partial charge in [-0.15, -0.1) is 0 Å². The van der Waals surface area contributed by atoms with Crippen LogP contribution in [0.1, 0.15) is 41.3 Å². The van der Waals surface area contributed by atoms with Gasteiger partial charge in [-0.3, -0.25) is 0 Å². The Morgan fingerprint density at radius 1 is 1.00 bits per heavy atom. The lowest BCUT2D eigenvalue weighted by Gasteiger charge is -2.30. The van der Waals surface area contributed by atoms with Crippen LogP contribution in [-0.4, -0.2) is 34.2 Å². The van der Waals surface area contributed by atoms with Crippen LogP contribution in [-0.2, 0) is 0 Å². The minimum absolute atomic E-state index is 0.0562. The zero-order valence-corrected chi connectivity index (χ0v) is 17.1. The number of anilines is 1. The van der Waals surface area contributed by atoms with Crippen molar-refractivity contribution in [3.8, 4) is 11.4 Å². The molecule has 1 aliphatic rings. The number of piperidine rings is 1. The molecule has 0 atom stereocenters. The summed E-state index contributed by atoms with van der Waals surface area (Å²) in [4.78, 5) is 19.1. The van der Waals surface area contributed by atoms with Crippen molar-refractivity contribution < 1.29 is 9.32 Å². The molecule has 0 saturated carbocycles. The van der Waals surface area contributed by atoms with Crippen LogP contribution < -0.4 is 5.32 Å². The molecule has 2 heterocycles. The fourth-order valence-electron chi connectivity index (χ4n) is 3.80. The highest BCUT2D eigenvalue weighted by Crippen LogP contribution is 2.29. The molecule has 6 nitrogen and oxygen atoms in total. The smallest absolute Gasteiger partial charge is 0.321 e. The summed E-state index contributed by atoms with van der Waals surface area (Å²) in [7, 11) is 0. The molecule has 2 aromatic carbocycles. The molecule has 6 heteroatoms. The molecular weight excluding hydrogens is 364 g/mol. The van der Waals surface area contributed by atoms with Crippen LogP contribution >= 0.6 is 0 Å².